The number of anilines is 2. The van der Waals surface area contributed by atoms with E-state index in [1.54, 1.807) is 36.7 Å². The Morgan fingerprint density at radius 1 is 1.28 bits per heavy atom. The smallest absolute Gasteiger partial charge is 0.411 e. The van der Waals surface area contributed by atoms with Gasteiger partial charge in [-0.15, -0.1) is 0 Å². The first-order chi connectivity index (χ1) is 12.0. The van der Waals surface area contributed by atoms with E-state index in [-0.39, 0.29) is 6.10 Å². The molecular weight excluding hydrogens is 322 g/mol. The van der Waals surface area contributed by atoms with E-state index in [0.29, 0.717) is 29.3 Å². The van der Waals surface area contributed by atoms with Crippen LogP contribution >= 0.6 is 0 Å². The Hall–Kier alpha value is -3.42. The summed E-state index contributed by atoms with van der Waals surface area (Å²) in [5.41, 5.74) is 2.71. The fourth-order valence-electron chi connectivity index (χ4n) is 2.29. The minimum absolute atomic E-state index is 0.205. The fraction of sp³-hybridized carbons (Fsp3) is 0.176. The molecule has 2 heterocycles. The van der Waals surface area contributed by atoms with Crippen molar-refractivity contribution < 1.29 is 14.3 Å². The minimum atomic E-state index is -0.538. The lowest BCUT2D eigenvalue weighted by Gasteiger charge is -2.09. The molecule has 0 aliphatic heterocycles. The Balaban J connectivity index is 1.86. The molecule has 8 nitrogen and oxygen atoms in total. The first-order valence-corrected chi connectivity index (χ1v) is 7.68. The molecule has 0 fully saturated rings. The largest absolute Gasteiger partial charge is 0.447 e. The lowest BCUT2D eigenvalue weighted by molar-refractivity contribution is -0.105. The zero-order valence-electron chi connectivity index (χ0n) is 13.8. The third-order valence-corrected chi connectivity index (χ3v) is 3.28. The Bertz CT molecular complexity index is 920. The number of benzene rings is 1. The number of ether oxygens (including phenoxy) is 1. The first kappa shape index (κ1) is 16.4. The van der Waals surface area contributed by atoms with Gasteiger partial charge in [-0.1, -0.05) is 12.1 Å². The van der Waals surface area contributed by atoms with Crippen LogP contribution < -0.4 is 10.6 Å². The summed E-state index contributed by atoms with van der Waals surface area (Å²) in [6, 6.07) is 7.31. The summed E-state index contributed by atoms with van der Waals surface area (Å²) >= 11 is 0. The van der Waals surface area contributed by atoms with Gasteiger partial charge in [0.2, 0.25) is 12.2 Å². The average molecular weight is 339 g/mol. The van der Waals surface area contributed by atoms with E-state index in [4.69, 9.17) is 4.74 Å². The molecule has 1 aromatic carbocycles. The Labute approximate surface area is 143 Å². The van der Waals surface area contributed by atoms with Gasteiger partial charge in [0.1, 0.15) is 0 Å². The Morgan fingerprint density at radius 2 is 2.12 bits per heavy atom. The van der Waals surface area contributed by atoms with E-state index in [9.17, 15) is 9.59 Å². The van der Waals surface area contributed by atoms with Crippen LogP contribution in [-0.2, 0) is 9.53 Å². The highest BCUT2D eigenvalue weighted by Crippen LogP contribution is 2.22. The standard InChI is InChI=1S/C17H17N5O3/c1-11(2)25-17(24)20-14-7-18-16-21-15(9-22(16)8-14)12-4-3-5-13(6-12)19-10-23/h3-11H,1-2H3,(H,19,23)(H,20,24). The zero-order valence-corrected chi connectivity index (χ0v) is 13.8. The third-order valence-electron chi connectivity index (χ3n) is 3.28. The molecule has 25 heavy (non-hydrogen) atoms. The van der Waals surface area contributed by atoms with Crippen LogP contribution in [0, 0.1) is 0 Å². The maximum Gasteiger partial charge on any atom is 0.411 e. The van der Waals surface area contributed by atoms with Gasteiger partial charge in [0.15, 0.2) is 0 Å². The van der Waals surface area contributed by atoms with Crippen molar-refractivity contribution in [3.63, 3.8) is 0 Å². The first-order valence-electron chi connectivity index (χ1n) is 7.68. The molecule has 3 rings (SSSR count). The van der Waals surface area contributed by atoms with Crippen LogP contribution in [0.3, 0.4) is 0 Å². The van der Waals surface area contributed by atoms with Crippen molar-refractivity contribution in [3.8, 4) is 11.3 Å². The minimum Gasteiger partial charge on any atom is -0.447 e. The number of rotatable bonds is 5. The Morgan fingerprint density at radius 3 is 2.88 bits per heavy atom. The predicted octanol–water partition coefficient (Wildman–Crippen LogP) is 2.92. The molecule has 0 aliphatic rings. The molecule has 0 spiro atoms. The second-order valence-corrected chi connectivity index (χ2v) is 5.60. The van der Waals surface area contributed by atoms with Crippen molar-refractivity contribution in [2.24, 2.45) is 0 Å². The van der Waals surface area contributed by atoms with E-state index in [0.717, 1.165) is 5.56 Å². The molecule has 2 N–H and O–H groups in total. The lowest BCUT2D eigenvalue weighted by atomic mass is 10.1. The van der Waals surface area contributed by atoms with Gasteiger partial charge >= 0.3 is 6.09 Å². The van der Waals surface area contributed by atoms with Crippen molar-refractivity contribution in [2.45, 2.75) is 20.0 Å². The van der Waals surface area contributed by atoms with Gasteiger partial charge in [-0.2, -0.15) is 0 Å². The number of carbonyl (C=O) groups is 2. The maximum atomic E-state index is 11.7. The van der Waals surface area contributed by atoms with Gasteiger partial charge in [-0.3, -0.25) is 14.5 Å². The fourth-order valence-corrected chi connectivity index (χ4v) is 2.29. The highest BCUT2D eigenvalue weighted by Gasteiger charge is 2.09. The van der Waals surface area contributed by atoms with Gasteiger partial charge in [0, 0.05) is 23.6 Å². The number of fused-ring (bicyclic) bond motifs is 1. The Kier molecular flexibility index (Phi) is 4.60. The van der Waals surface area contributed by atoms with Crippen LogP contribution in [0.5, 0.6) is 0 Å². The quantitative estimate of drug-likeness (QED) is 0.697. The third kappa shape index (κ3) is 3.92. The highest BCUT2D eigenvalue weighted by molar-refractivity contribution is 5.84. The second kappa shape index (κ2) is 7.00. The van der Waals surface area contributed by atoms with Crippen LogP contribution in [-0.4, -0.2) is 33.0 Å². The summed E-state index contributed by atoms with van der Waals surface area (Å²) in [4.78, 5) is 30.9. The van der Waals surface area contributed by atoms with Gasteiger partial charge in [0.05, 0.1) is 23.7 Å². The van der Waals surface area contributed by atoms with Crippen LogP contribution in [0.15, 0.2) is 42.9 Å². The van der Waals surface area contributed by atoms with Crippen molar-refractivity contribution in [2.75, 3.05) is 10.6 Å². The van der Waals surface area contributed by atoms with E-state index in [1.807, 2.05) is 18.2 Å². The van der Waals surface area contributed by atoms with Crippen molar-refractivity contribution in [3.05, 3.63) is 42.9 Å². The number of hydrogen-bond donors (Lipinski definition) is 2. The van der Waals surface area contributed by atoms with Gasteiger partial charge in [-0.25, -0.2) is 14.8 Å². The number of nitrogens with zero attached hydrogens (tertiary/aromatic N) is 3. The summed E-state index contributed by atoms with van der Waals surface area (Å²) in [7, 11) is 0. The van der Waals surface area contributed by atoms with Crippen molar-refractivity contribution >= 4 is 29.7 Å². The SMILES string of the molecule is CC(C)OC(=O)Nc1cnc2nc(-c3cccc(NC=O)c3)cn2c1. The molecule has 0 unspecified atom stereocenters. The van der Waals surface area contributed by atoms with Crippen LogP contribution in [0.2, 0.25) is 0 Å². The summed E-state index contributed by atoms with van der Waals surface area (Å²) in [5.74, 6) is 0.492. The topological polar surface area (TPSA) is 97.6 Å². The monoisotopic (exact) mass is 339 g/mol. The number of amides is 2. The molecule has 0 bridgehead atoms. The predicted molar refractivity (Wildman–Crippen MR) is 93.3 cm³/mol. The molecule has 3 aromatic rings. The average Bonchev–Trinajstić information content (AvgIpc) is 2.98. The summed E-state index contributed by atoms with van der Waals surface area (Å²) in [6.45, 7) is 3.55. The van der Waals surface area contributed by atoms with E-state index >= 15 is 0 Å². The van der Waals surface area contributed by atoms with Crippen LogP contribution in [0.4, 0.5) is 16.2 Å². The molecule has 0 saturated carbocycles. The zero-order chi connectivity index (χ0) is 17.8. The maximum absolute atomic E-state index is 11.7. The van der Waals surface area contributed by atoms with Gasteiger partial charge in [-0.05, 0) is 26.0 Å². The van der Waals surface area contributed by atoms with E-state index < -0.39 is 6.09 Å². The molecule has 0 atom stereocenters. The summed E-state index contributed by atoms with van der Waals surface area (Å²) in [6.07, 6.45) is 4.89. The second-order valence-electron chi connectivity index (χ2n) is 5.60. The van der Waals surface area contributed by atoms with Gasteiger partial charge < -0.3 is 10.1 Å². The normalized spacial score (nSPS) is 10.7. The lowest BCUT2D eigenvalue weighted by Crippen LogP contribution is -2.18. The van der Waals surface area contributed by atoms with Crippen molar-refractivity contribution in [1.29, 1.82) is 0 Å². The molecule has 2 amide bonds. The van der Waals surface area contributed by atoms with E-state index in [2.05, 4.69) is 20.6 Å². The molecule has 128 valence electrons. The number of aromatic nitrogens is 3. The van der Waals surface area contributed by atoms with Crippen molar-refractivity contribution in [1.82, 2.24) is 14.4 Å². The molecule has 8 heteroatoms. The van der Waals surface area contributed by atoms with E-state index in [1.165, 1.54) is 6.20 Å². The summed E-state index contributed by atoms with van der Waals surface area (Å²) < 4.78 is 6.75. The molecular formula is C17H17N5O3. The highest BCUT2D eigenvalue weighted by atomic mass is 16.6. The number of imidazole rings is 1. The van der Waals surface area contributed by atoms with Gasteiger partial charge in [0.25, 0.3) is 0 Å². The summed E-state index contributed by atoms with van der Waals surface area (Å²) in [5, 5.41) is 5.22. The molecule has 0 aliphatic carbocycles. The molecule has 2 aromatic heterocycles. The molecule has 0 radical (unpaired) electrons. The molecule has 0 saturated heterocycles. The van der Waals surface area contributed by atoms with Crippen LogP contribution in [0.1, 0.15) is 13.8 Å². The number of nitrogens with one attached hydrogen (secondary N) is 2. The number of hydrogen-bond acceptors (Lipinski definition) is 5. The number of carbonyl (C=O) groups excluding carboxylic acids is 2. The van der Waals surface area contributed by atoms with Crippen LogP contribution in [0.25, 0.3) is 17.0 Å².